The molecule has 4 saturated heterocycles. The van der Waals surface area contributed by atoms with Gasteiger partial charge < -0.3 is 50.4 Å². The zero-order chi connectivity index (χ0) is 64.2. The highest BCUT2D eigenvalue weighted by Gasteiger charge is 2.41. The van der Waals surface area contributed by atoms with E-state index in [9.17, 15) is 35.9 Å². The predicted molar refractivity (Wildman–Crippen MR) is 330 cm³/mol. The van der Waals surface area contributed by atoms with E-state index in [1.54, 1.807) is 88.4 Å². The Labute approximate surface area is 526 Å². The second-order valence-electron chi connectivity index (χ2n) is 22.1. The Kier molecular flexibility index (Phi) is 21.2. The van der Waals surface area contributed by atoms with E-state index in [0.29, 0.717) is 60.1 Å². The van der Waals surface area contributed by atoms with Crippen LogP contribution in [0.2, 0.25) is 0 Å². The first kappa shape index (κ1) is 65.7. The van der Waals surface area contributed by atoms with Crippen molar-refractivity contribution in [2.24, 2.45) is 5.73 Å². The monoisotopic (exact) mass is 1270 g/mol. The molecule has 4 aliphatic rings. The van der Waals surface area contributed by atoms with Crippen LogP contribution in [0.15, 0.2) is 122 Å². The molecule has 12 rings (SSSR count). The van der Waals surface area contributed by atoms with Crippen molar-refractivity contribution in [2.75, 3.05) is 89.4 Å². The number of ether oxygens (including phenoxy) is 4. The van der Waals surface area contributed by atoms with Crippen molar-refractivity contribution in [1.29, 1.82) is 0 Å². The third-order valence-corrected chi connectivity index (χ3v) is 16.2. The first-order valence-electron chi connectivity index (χ1n) is 29.6. The van der Waals surface area contributed by atoms with Crippen LogP contribution in [-0.4, -0.2) is 141 Å². The highest BCUT2D eigenvalue weighted by Crippen LogP contribution is 2.37. The van der Waals surface area contributed by atoms with Gasteiger partial charge in [-0.25, -0.2) is 19.0 Å². The molecule has 25 heteroatoms. The van der Waals surface area contributed by atoms with Crippen molar-refractivity contribution >= 4 is 46.1 Å². The molecule has 0 aliphatic carbocycles. The van der Waals surface area contributed by atoms with Gasteiger partial charge in [0, 0.05) is 136 Å². The highest BCUT2D eigenvalue weighted by atomic mass is 35.5. The minimum Gasteiger partial charge on any atom is -0.347 e. The molecule has 2 amide bonds. The Hall–Kier alpha value is -8.27. The minimum absolute atomic E-state index is 0.0196. The molecule has 0 bridgehead atoms. The molecule has 8 heterocycles. The zero-order valence-corrected chi connectivity index (χ0v) is 50.8. The third-order valence-electron chi connectivity index (χ3n) is 15.9. The van der Waals surface area contributed by atoms with Gasteiger partial charge in [0.05, 0.1) is 49.9 Å². The summed E-state index contributed by atoms with van der Waals surface area (Å²) >= 11 is 5.61. The average molecular weight is 1270 g/mol. The number of carbonyl (C=O) groups is 2. The zero-order valence-electron chi connectivity index (χ0n) is 50.0. The number of benzene rings is 4. The van der Waals surface area contributed by atoms with Crippen molar-refractivity contribution in [2.45, 2.75) is 75.9 Å². The number of nitrogens with one attached hydrogen (secondary N) is 3. The van der Waals surface area contributed by atoms with E-state index in [4.69, 9.17) is 36.3 Å². The number of aryl methyl sites for hydroxylation is 2. The lowest BCUT2D eigenvalue weighted by molar-refractivity contribution is -0.185. The van der Waals surface area contributed by atoms with Gasteiger partial charge in [-0.3, -0.25) is 9.59 Å². The molecule has 0 unspecified atom stereocenters. The molecule has 0 radical (unpaired) electrons. The molecule has 476 valence electrons. The number of amides is 2. The van der Waals surface area contributed by atoms with Crippen LogP contribution in [0.4, 0.5) is 37.7 Å². The van der Waals surface area contributed by atoms with Crippen LogP contribution in [0.25, 0.3) is 11.3 Å². The number of nitrogens with two attached hydrogens (primary N) is 1. The molecule has 0 saturated carbocycles. The Morgan fingerprint density at radius 2 is 1.03 bits per heavy atom. The van der Waals surface area contributed by atoms with Crippen molar-refractivity contribution in [3.05, 3.63) is 189 Å². The number of hydrogen-bond donors (Lipinski definition) is 4. The third kappa shape index (κ3) is 16.8. The van der Waals surface area contributed by atoms with Crippen molar-refractivity contribution in [1.82, 2.24) is 44.3 Å². The van der Waals surface area contributed by atoms with E-state index in [1.807, 2.05) is 19.9 Å². The molecule has 8 aromatic rings. The number of halogens is 7. The summed E-state index contributed by atoms with van der Waals surface area (Å²) in [6, 6.07) is 24.4. The SMILES string of the molecule is Cc1ccc(C(=O)Nc2ccc(CCl)c(C(F)(F)F)c2)cc1C#Cc1cnc2cccnn12.Cc1ccc(C(=O)Nc2ccc(CNCCN3CCC4(CC3)OCCO4)c(C(F)(F)F)c2)cc1C#Cc1cnc2cccnn12.NCCN1CCC2(CC1)OCCO2. The van der Waals surface area contributed by atoms with Crippen LogP contribution >= 0.6 is 11.6 Å². The normalized spacial score (nSPS) is 16.3. The van der Waals surface area contributed by atoms with Crippen LogP contribution in [-0.2, 0) is 43.7 Å². The van der Waals surface area contributed by atoms with Gasteiger partial charge in [-0.1, -0.05) is 36.1 Å². The Balaban J connectivity index is 0.000000172. The summed E-state index contributed by atoms with van der Waals surface area (Å²) in [5, 5.41) is 16.7. The van der Waals surface area contributed by atoms with Gasteiger partial charge in [0.2, 0.25) is 0 Å². The summed E-state index contributed by atoms with van der Waals surface area (Å²) < 4.78 is 108. The largest absolute Gasteiger partial charge is 0.416 e. The Morgan fingerprint density at radius 1 is 0.593 bits per heavy atom. The maximum atomic E-state index is 14.0. The number of anilines is 2. The van der Waals surface area contributed by atoms with E-state index >= 15 is 0 Å². The number of piperidine rings is 2. The van der Waals surface area contributed by atoms with E-state index in [2.05, 4.69) is 69.6 Å². The van der Waals surface area contributed by atoms with E-state index in [-0.39, 0.29) is 51.8 Å². The lowest BCUT2D eigenvalue weighted by Gasteiger charge is -2.37. The van der Waals surface area contributed by atoms with Crippen LogP contribution in [0.1, 0.15) is 102 Å². The number of fused-ring (bicyclic) bond motifs is 2. The van der Waals surface area contributed by atoms with Crippen LogP contribution in [0, 0.1) is 37.5 Å². The fourth-order valence-corrected chi connectivity index (χ4v) is 11.1. The summed E-state index contributed by atoms with van der Waals surface area (Å²) in [5.74, 6) is 10.0. The first-order chi connectivity index (χ1) is 43.8. The molecular weight excluding hydrogens is 1210 g/mol. The molecule has 4 aromatic heterocycles. The van der Waals surface area contributed by atoms with Gasteiger partial charge >= 0.3 is 12.4 Å². The van der Waals surface area contributed by atoms with Crippen LogP contribution < -0.4 is 21.7 Å². The summed E-state index contributed by atoms with van der Waals surface area (Å²) in [7, 11) is 0. The lowest BCUT2D eigenvalue weighted by Crippen LogP contribution is -2.46. The van der Waals surface area contributed by atoms with Gasteiger partial charge in [-0.2, -0.15) is 36.5 Å². The molecule has 0 atom stereocenters. The average Bonchev–Trinajstić information content (AvgIpc) is 2.52. The van der Waals surface area contributed by atoms with Crippen molar-refractivity contribution < 1.29 is 54.9 Å². The van der Waals surface area contributed by atoms with Crippen molar-refractivity contribution in [3.63, 3.8) is 0 Å². The van der Waals surface area contributed by atoms with Gasteiger partial charge in [-0.05, 0) is 121 Å². The topological polar surface area (TPSA) is 200 Å². The van der Waals surface area contributed by atoms with Gasteiger partial charge in [-0.15, -0.1) is 11.6 Å². The lowest BCUT2D eigenvalue weighted by atomic mass is 10.0. The molecular formula is C66H67ClF6N12O6. The van der Waals surface area contributed by atoms with Crippen LogP contribution in [0.5, 0.6) is 0 Å². The number of likely N-dealkylation sites (tertiary alicyclic amines) is 2. The summed E-state index contributed by atoms with van der Waals surface area (Å²) in [6.07, 6.45) is 0.876. The maximum Gasteiger partial charge on any atom is 0.416 e. The number of aromatic nitrogens is 6. The van der Waals surface area contributed by atoms with E-state index in [1.165, 1.54) is 24.3 Å². The summed E-state index contributed by atoms with van der Waals surface area (Å²) in [5.41, 5.74) is 9.87. The predicted octanol–water partition coefficient (Wildman–Crippen LogP) is 9.87. The quantitative estimate of drug-likeness (QED) is 0.0390. The highest BCUT2D eigenvalue weighted by molar-refractivity contribution is 6.17. The van der Waals surface area contributed by atoms with E-state index < -0.39 is 41.1 Å². The second-order valence-corrected chi connectivity index (χ2v) is 22.3. The summed E-state index contributed by atoms with van der Waals surface area (Å²) in [4.78, 5) is 38.9. The number of imidazole rings is 2. The fraction of sp³-hybridized carbons (Fsp3) is 0.364. The van der Waals surface area contributed by atoms with Crippen LogP contribution in [0.3, 0.4) is 0 Å². The standard InChI is InChI=1S/C33H33F3N6O3.C24H16ClF3N4O.C9H18N2O2/c1-23-4-5-25(19-24(23)7-9-28-22-38-30-3-2-12-39-42(28)30)31(43)40-27-8-6-26(29(20-27)33(34,35)36)21-37-13-16-41-14-10-32(11-15-41)44-17-18-45-32;1-15-4-5-17(11-16(15)7-9-20-14-29-22-3-2-10-30-32(20)22)23(33)31-19-8-6-18(13-25)21(12-19)24(26,27)28;10-3-6-11-4-1-9(2-5-11)12-7-8-13-9/h2-6,8,12,19-20,22,37H,10-11,13-18,21H2,1H3,(H,40,43);2-6,8,10-12,14H,13H2,1H3,(H,31,33);1-8,10H2. The van der Waals surface area contributed by atoms with E-state index in [0.717, 1.165) is 101 Å². The molecule has 4 aromatic carbocycles. The molecule has 18 nitrogen and oxygen atoms in total. The Bertz CT molecular complexity index is 3990. The minimum atomic E-state index is -4.58. The summed E-state index contributed by atoms with van der Waals surface area (Å²) in [6.45, 7) is 13.3. The molecule has 5 N–H and O–H groups in total. The number of rotatable bonds is 12. The number of carbonyl (C=O) groups excluding carboxylic acids is 2. The number of nitrogens with zero attached hydrogens (tertiary/aromatic N) is 8. The molecule has 2 spiro atoms. The maximum absolute atomic E-state index is 14.0. The van der Waals surface area contributed by atoms with Crippen molar-refractivity contribution in [3.8, 4) is 23.7 Å². The van der Waals surface area contributed by atoms with Gasteiger partial charge in [0.1, 0.15) is 11.4 Å². The molecule has 91 heavy (non-hydrogen) atoms. The van der Waals surface area contributed by atoms with Gasteiger partial charge in [0.25, 0.3) is 11.8 Å². The second kappa shape index (κ2) is 29.3. The molecule has 4 aliphatic heterocycles. The fourth-order valence-electron chi connectivity index (χ4n) is 10.8. The Morgan fingerprint density at radius 3 is 1.47 bits per heavy atom. The molecule has 4 fully saturated rings. The number of alkyl halides is 7. The first-order valence-corrected chi connectivity index (χ1v) is 30.2. The number of hydrogen-bond acceptors (Lipinski definition) is 14. The smallest absolute Gasteiger partial charge is 0.347 e. The van der Waals surface area contributed by atoms with Gasteiger partial charge in [0.15, 0.2) is 22.9 Å².